The molecule has 21 heavy (non-hydrogen) atoms. The lowest BCUT2D eigenvalue weighted by Crippen LogP contribution is -2.41. The highest BCUT2D eigenvalue weighted by atomic mass is 127. The number of aliphatic imine (C=N–C) groups is 1. The number of rotatable bonds is 3. The van der Waals surface area contributed by atoms with Gasteiger partial charge in [-0.05, 0) is 36.0 Å². The Hall–Kier alpha value is -0.850. The summed E-state index contributed by atoms with van der Waals surface area (Å²) in [5, 5.41) is 3.37. The Kier molecular flexibility index (Phi) is 6.90. The molecule has 5 heteroatoms. The molecule has 2 rings (SSSR count). The van der Waals surface area contributed by atoms with Crippen LogP contribution in [0.4, 0.5) is 4.39 Å². The van der Waals surface area contributed by atoms with Crippen LogP contribution in [0.3, 0.4) is 0 Å². The summed E-state index contributed by atoms with van der Waals surface area (Å²) in [5.41, 5.74) is 1.37. The number of hydrogen-bond acceptors (Lipinski definition) is 1. The van der Waals surface area contributed by atoms with Gasteiger partial charge in [-0.1, -0.05) is 26.0 Å². The van der Waals surface area contributed by atoms with Crippen LogP contribution >= 0.6 is 24.0 Å². The molecule has 1 saturated heterocycles. The maximum Gasteiger partial charge on any atom is 0.193 e. The predicted molar refractivity (Wildman–Crippen MR) is 96.9 cm³/mol. The normalized spacial score (nSPS) is 17.5. The molecular weight excluding hydrogens is 380 g/mol. The van der Waals surface area contributed by atoms with Gasteiger partial charge in [-0.2, -0.15) is 0 Å². The fraction of sp³-hybridized carbons (Fsp3) is 0.562. The minimum Gasteiger partial charge on any atom is -0.356 e. The van der Waals surface area contributed by atoms with Gasteiger partial charge in [-0.3, -0.25) is 4.99 Å². The van der Waals surface area contributed by atoms with Gasteiger partial charge in [-0.25, -0.2) is 4.39 Å². The van der Waals surface area contributed by atoms with Gasteiger partial charge < -0.3 is 10.2 Å². The van der Waals surface area contributed by atoms with Crippen molar-refractivity contribution in [3.8, 4) is 0 Å². The SMILES string of the molecule is CN=C(NCCc1cccc(F)c1)N1CCC(C)(C)C1.I. The van der Waals surface area contributed by atoms with Crippen LogP contribution in [0.15, 0.2) is 29.3 Å². The van der Waals surface area contributed by atoms with Crippen molar-refractivity contribution in [1.29, 1.82) is 0 Å². The lowest BCUT2D eigenvalue weighted by atomic mass is 9.93. The number of guanidine groups is 1. The zero-order chi connectivity index (χ0) is 14.6. The van der Waals surface area contributed by atoms with Crippen molar-refractivity contribution in [2.24, 2.45) is 10.4 Å². The van der Waals surface area contributed by atoms with Crippen LogP contribution in [0.5, 0.6) is 0 Å². The van der Waals surface area contributed by atoms with Gasteiger partial charge in [0.1, 0.15) is 5.82 Å². The molecule has 1 aliphatic heterocycles. The highest BCUT2D eigenvalue weighted by molar-refractivity contribution is 14.0. The zero-order valence-corrected chi connectivity index (χ0v) is 15.4. The second kappa shape index (κ2) is 7.96. The molecule has 1 heterocycles. The second-order valence-electron chi connectivity index (χ2n) is 6.19. The summed E-state index contributed by atoms with van der Waals surface area (Å²) in [4.78, 5) is 6.64. The maximum absolute atomic E-state index is 13.1. The van der Waals surface area contributed by atoms with E-state index < -0.39 is 0 Å². The molecule has 3 nitrogen and oxygen atoms in total. The number of halogens is 2. The van der Waals surface area contributed by atoms with Crippen LogP contribution in [-0.4, -0.2) is 37.5 Å². The van der Waals surface area contributed by atoms with Crippen LogP contribution in [-0.2, 0) is 6.42 Å². The number of nitrogens with one attached hydrogen (secondary N) is 1. The Morgan fingerprint density at radius 2 is 2.19 bits per heavy atom. The first-order valence-corrected chi connectivity index (χ1v) is 7.20. The first-order chi connectivity index (χ1) is 9.50. The van der Waals surface area contributed by atoms with E-state index >= 15 is 0 Å². The van der Waals surface area contributed by atoms with Gasteiger partial charge in [0.05, 0.1) is 0 Å². The van der Waals surface area contributed by atoms with Gasteiger partial charge in [0, 0.05) is 26.7 Å². The number of nitrogens with zero attached hydrogens (tertiary/aromatic N) is 2. The van der Waals surface area contributed by atoms with E-state index in [1.165, 1.54) is 12.5 Å². The van der Waals surface area contributed by atoms with Crippen LogP contribution in [0.1, 0.15) is 25.8 Å². The van der Waals surface area contributed by atoms with Crippen molar-refractivity contribution in [3.63, 3.8) is 0 Å². The smallest absolute Gasteiger partial charge is 0.193 e. The first kappa shape index (κ1) is 18.2. The van der Waals surface area contributed by atoms with E-state index in [4.69, 9.17) is 0 Å². The topological polar surface area (TPSA) is 27.6 Å². The summed E-state index contributed by atoms with van der Waals surface area (Å²) < 4.78 is 13.1. The number of benzene rings is 1. The molecule has 0 unspecified atom stereocenters. The molecule has 0 amide bonds. The average molecular weight is 405 g/mol. The molecule has 118 valence electrons. The third kappa shape index (κ3) is 5.45. The van der Waals surface area contributed by atoms with Crippen molar-refractivity contribution >= 4 is 29.9 Å². The fourth-order valence-electron chi connectivity index (χ4n) is 2.64. The monoisotopic (exact) mass is 405 g/mol. The third-order valence-electron chi connectivity index (χ3n) is 3.77. The van der Waals surface area contributed by atoms with Crippen molar-refractivity contribution in [2.75, 3.05) is 26.7 Å². The minimum absolute atomic E-state index is 0. The molecule has 0 atom stereocenters. The summed E-state index contributed by atoms with van der Waals surface area (Å²) >= 11 is 0. The molecule has 0 bridgehead atoms. The van der Waals surface area contributed by atoms with E-state index in [-0.39, 0.29) is 29.8 Å². The minimum atomic E-state index is -0.173. The average Bonchev–Trinajstić information content (AvgIpc) is 2.75. The van der Waals surface area contributed by atoms with E-state index in [1.54, 1.807) is 12.1 Å². The standard InChI is InChI=1S/C16H24FN3.HI/c1-16(2)8-10-20(12-16)15(18-3)19-9-7-13-5-4-6-14(17)11-13;/h4-6,11H,7-10,12H2,1-3H3,(H,18,19);1H. The highest BCUT2D eigenvalue weighted by Gasteiger charge is 2.30. The second-order valence-corrected chi connectivity index (χ2v) is 6.19. The Bertz CT molecular complexity index is 488. The summed E-state index contributed by atoms with van der Waals surface area (Å²) in [6.45, 7) is 7.42. The molecule has 0 saturated carbocycles. The van der Waals surface area contributed by atoms with E-state index in [0.29, 0.717) is 5.41 Å². The first-order valence-electron chi connectivity index (χ1n) is 7.20. The van der Waals surface area contributed by atoms with Gasteiger partial charge in [0.15, 0.2) is 5.96 Å². The van der Waals surface area contributed by atoms with Crippen LogP contribution in [0.25, 0.3) is 0 Å². The van der Waals surface area contributed by atoms with Crippen LogP contribution < -0.4 is 5.32 Å². The maximum atomic E-state index is 13.1. The van der Waals surface area contributed by atoms with Crippen molar-refractivity contribution in [2.45, 2.75) is 26.7 Å². The predicted octanol–water partition coefficient (Wildman–Crippen LogP) is 3.29. The van der Waals surface area contributed by atoms with E-state index in [1.807, 2.05) is 13.1 Å². The van der Waals surface area contributed by atoms with Gasteiger partial charge in [0.2, 0.25) is 0 Å². The molecule has 1 aliphatic rings. The molecule has 1 fully saturated rings. The Morgan fingerprint density at radius 3 is 2.76 bits per heavy atom. The lowest BCUT2D eigenvalue weighted by molar-refractivity contribution is 0.370. The fourth-order valence-corrected chi connectivity index (χ4v) is 2.64. The summed E-state index contributed by atoms with van der Waals surface area (Å²) in [6, 6.07) is 6.76. The molecule has 1 aromatic rings. The molecule has 0 aliphatic carbocycles. The van der Waals surface area contributed by atoms with E-state index in [2.05, 4.69) is 29.1 Å². The van der Waals surface area contributed by atoms with E-state index in [0.717, 1.165) is 37.6 Å². The Labute approximate surface area is 144 Å². The largest absolute Gasteiger partial charge is 0.356 e. The molecule has 0 radical (unpaired) electrons. The molecule has 1 aromatic carbocycles. The zero-order valence-electron chi connectivity index (χ0n) is 13.0. The van der Waals surface area contributed by atoms with E-state index in [9.17, 15) is 4.39 Å². The lowest BCUT2D eigenvalue weighted by Gasteiger charge is -2.23. The molecular formula is C16H25FIN3. The quantitative estimate of drug-likeness (QED) is 0.475. The molecule has 0 spiro atoms. The summed E-state index contributed by atoms with van der Waals surface area (Å²) in [5.74, 6) is 0.778. The summed E-state index contributed by atoms with van der Waals surface area (Å²) in [7, 11) is 1.82. The van der Waals surface area contributed by atoms with Crippen molar-refractivity contribution in [1.82, 2.24) is 10.2 Å². The van der Waals surface area contributed by atoms with Gasteiger partial charge in [-0.15, -0.1) is 24.0 Å². The van der Waals surface area contributed by atoms with Gasteiger partial charge >= 0.3 is 0 Å². The number of likely N-dealkylation sites (tertiary alicyclic amines) is 1. The molecule has 0 aromatic heterocycles. The highest BCUT2D eigenvalue weighted by Crippen LogP contribution is 2.28. The Morgan fingerprint density at radius 1 is 1.43 bits per heavy atom. The number of hydrogen-bond donors (Lipinski definition) is 1. The van der Waals surface area contributed by atoms with Gasteiger partial charge in [0.25, 0.3) is 0 Å². The third-order valence-corrected chi connectivity index (χ3v) is 3.77. The van der Waals surface area contributed by atoms with Crippen LogP contribution in [0, 0.1) is 11.2 Å². The Balaban J connectivity index is 0.00000220. The van der Waals surface area contributed by atoms with Crippen LogP contribution in [0.2, 0.25) is 0 Å². The molecule has 1 N–H and O–H groups in total. The van der Waals surface area contributed by atoms with Crippen molar-refractivity contribution in [3.05, 3.63) is 35.6 Å². The van der Waals surface area contributed by atoms with Crippen molar-refractivity contribution < 1.29 is 4.39 Å². The summed E-state index contributed by atoms with van der Waals surface area (Å²) in [6.07, 6.45) is 1.99.